The van der Waals surface area contributed by atoms with Gasteiger partial charge in [0.25, 0.3) is 5.91 Å². The van der Waals surface area contributed by atoms with Crippen molar-refractivity contribution in [1.29, 1.82) is 0 Å². The number of fused-ring (bicyclic) bond motifs is 7. The third-order valence-electron chi connectivity index (χ3n) is 5.02. The van der Waals surface area contributed by atoms with Crippen molar-refractivity contribution in [1.82, 2.24) is 9.88 Å². The van der Waals surface area contributed by atoms with Gasteiger partial charge in [-0.3, -0.25) is 4.79 Å². The molecule has 22 heavy (non-hydrogen) atoms. The average molecular weight is 288 g/mol. The number of para-hydroxylation sites is 1. The second-order valence-corrected chi connectivity index (χ2v) is 6.16. The van der Waals surface area contributed by atoms with Gasteiger partial charge in [0.1, 0.15) is 5.69 Å². The van der Waals surface area contributed by atoms with Gasteiger partial charge in [0.05, 0.1) is 6.04 Å². The van der Waals surface area contributed by atoms with Crippen molar-refractivity contribution in [3.63, 3.8) is 0 Å². The summed E-state index contributed by atoms with van der Waals surface area (Å²) in [6, 6.07) is 16.9. The topological polar surface area (TPSA) is 36.1 Å². The van der Waals surface area contributed by atoms with E-state index in [2.05, 4.69) is 35.3 Å². The van der Waals surface area contributed by atoms with E-state index in [9.17, 15) is 4.79 Å². The summed E-state index contributed by atoms with van der Waals surface area (Å²) in [5.74, 6) is 0.143. The lowest BCUT2D eigenvalue weighted by atomic mass is 9.93. The number of carbonyl (C=O) groups is 1. The molecule has 0 saturated carbocycles. The first-order valence-electron chi connectivity index (χ1n) is 7.85. The lowest BCUT2D eigenvalue weighted by Gasteiger charge is -2.23. The van der Waals surface area contributed by atoms with Crippen LogP contribution < -0.4 is 0 Å². The minimum atomic E-state index is 0.143. The quantitative estimate of drug-likeness (QED) is 0.663. The number of H-pyrrole nitrogens is 1. The monoisotopic (exact) mass is 288 g/mol. The highest BCUT2D eigenvalue weighted by atomic mass is 16.2. The van der Waals surface area contributed by atoms with Crippen LogP contribution >= 0.6 is 0 Å². The van der Waals surface area contributed by atoms with Crippen molar-refractivity contribution < 1.29 is 4.79 Å². The Hall–Kier alpha value is -2.55. The zero-order chi connectivity index (χ0) is 14.7. The van der Waals surface area contributed by atoms with Crippen LogP contribution in [-0.2, 0) is 0 Å². The fourth-order valence-corrected chi connectivity index (χ4v) is 4.07. The predicted molar refractivity (Wildman–Crippen MR) is 86.7 cm³/mol. The number of aromatic amines is 1. The molecule has 0 bridgehead atoms. The Labute approximate surface area is 128 Å². The van der Waals surface area contributed by atoms with Gasteiger partial charge in [-0.15, -0.1) is 0 Å². The summed E-state index contributed by atoms with van der Waals surface area (Å²) in [5.41, 5.74) is 5.35. The Morgan fingerprint density at radius 2 is 1.86 bits per heavy atom. The molecule has 1 amide bonds. The van der Waals surface area contributed by atoms with Crippen LogP contribution in [-0.4, -0.2) is 22.3 Å². The summed E-state index contributed by atoms with van der Waals surface area (Å²) < 4.78 is 0. The second-order valence-electron chi connectivity index (χ2n) is 6.16. The fraction of sp³-hybridized carbons (Fsp3) is 0.211. The number of aromatic nitrogens is 1. The molecule has 3 heteroatoms. The first kappa shape index (κ1) is 12.0. The third-order valence-corrected chi connectivity index (χ3v) is 5.02. The van der Waals surface area contributed by atoms with Gasteiger partial charge in [0.2, 0.25) is 0 Å². The first-order valence-corrected chi connectivity index (χ1v) is 7.85. The van der Waals surface area contributed by atoms with Gasteiger partial charge in [-0.2, -0.15) is 0 Å². The summed E-state index contributed by atoms with van der Waals surface area (Å²) >= 11 is 0. The Kier molecular flexibility index (Phi) is 2.31. The van der Waals surface area contributed by atoms with Crippen molar-refractivity contribution >= 4 is 16.8 Å². The van der Waals surface area contributed by atoms with Crippen molar-refractivity contribution in [3.8, 4) is 11.1 Å². The lowest BCUT2D eigenvalue weighted by molar-refractivity contribution is 0.0735. The average Bonchev–Trinajstić information content (AvgIpc) is 3.17. The highest BCUT2D eigenvalue weighted by Crippen LogP contribution is 2.45. The van der Waals surface area contributed by atoms with E-state index in [0.717, 1.165) is 41.5 Å². The van der Waals surface area contributed by atoms with Gasteiger partial charge >= 0.3 is 0 Å². The molecule has 1 unspecified atom stereocenters. The Balaban J connectivity index is 1.92. The molecule has 1 fully saturated rings. The largest absolute Gasteiger partial charge is 0.350 e. The van der Waals surface area contributed by atoms with E-state index < -0.39 is 0 Å². The number of nitrogens with one attached hydrogen (secondary N) is 1. The van der Waals surface area contributed by atoms with E-state index in [-0.39, 0.29) is 11.9 Å². The van der Waals surface area contributed by atoms with Gasteiger partial charge in [-0.1, -0.05) is 42.5 Å². The number of hydrogen-bond donors (Lipinski definition) is 1. The normalized spacial score (nSPS) is 19.7. The van der Waals surface area contributed by atoms with E-state index in [1.807, 2.05) is 23.1 Å². The van der Waals surface area contributed by atoms with Gasteiger partial charge in [0.15, 0.2) is 0 Å². The maximum absolute atomic E-state index is 13.1. The third kappa shape index (κ3) is 1.43. The molecule has 2 aliphatic heterocycles. The number of hydrogen-bond acceptors (Lipinski definition) is 1. The molecule has 1 N–H and O–H groups in total. The van der Waals surface area contributed by atoms with Crippen LogP contribution in [0.4, 0.5) is 0 Å². The molecule has 1 saturated heterocycles. The molecule has 0 radical (unpaired) electrons. The summed E-state index contributed by atoms with van der Waals surface area (Å²) in [5, 5.41) is 1.14. The van der Waals surface area contributed by atoms with Crippen molar-refractivity contribution in [3.05, 3.63) is 59.8 Å². The van der Waals surface area contributed by atoms with Gasteiger partial charge in [-0.05, 0) is 30.0 Å². The molecular formula is C19H16N2O. The number of amides is 1. The van der Waals surface area contributed by atoms with Crippen LogP contribution in [0.1, 0.15) is 34.9 Å². The zero-order valence-corrected chi connectivity index (χ0v) is 12.2. The van der Waals surface area contributed by atoms with E-state index in [1.54, 1.807) is 0 Å². The molecule has 3 heterocycles. The van der Waals surface area contributed by atoms with Gasteiger partial charge < -0.3 is 9.88 Å². The first-order chi connectivity index (χ1) is 10.8. The minimum absolute atomic E-state index is 0.143. The SMILES string of the molecule is O=C1c2[nH]c3ccccc3c2-c2ccccc2C2CCCN12. The molecule has 1 aromatic heterocycles. The summed E-state index contributed by atoms with van der Waals surface area (Å²) in [6.45, 7) is 0.854. The molecule has 1 atom stereocenters. The minimum Gasteiger partial charge on any atom is -0.350 e. The van der Waals surface area contributed by atoms with E-state index in [0.29, 0.717) is 0 Å². The lowest BCUT2D eigenvalue weighted by Crippen LogP contribution is -2.29. The Morgan fingerprint density at radius 1 is 1.05 bits per heavy atom. The molecule has 3 nitrogen and oxygen atoms in total. The number of nitrogens with zero attached hydrogens (tertiary/aromatic N) is 1. The van der Waals surface area contributed by atoms with Crippen LogP contribution in [0, 0.1) is 0 Å². The van der Waals surface area contributed by atoms with Crippen molar-refractivity contribution in [2.45, 2.75) is 18.9 Å². The smallest absolute Gasteiger partial charge is 0.271 e. The van der Waals surface area contributed by atoms with E-state index >= 15 is 0 Å². The second kappa shape index (κ2) is 4.23. The van der Waals surface area contributed by atoms with Crippen LogP contribution in [0.2, 0.25) is 0 Å². The van der Waals surface area contributed by atoms with Crippen LogP contribution in [0.25, 0.3) is 22.0 Å². The van der Waals surface area contributed by atoms with Gasteiger partial charge in [0, 0.05) is 23.0 Å². The summed E-state index contributed by atoms with van der Waals surface area (Å²) in [7, 11) is 0. The molecular weight excluding hydrogens is 272 g/mol. The van der Waals surface area contributed by atoms with Crippen LogP contribution in [0.5, 0.6) is 0 Å². The highest BCUT2D eigenvalue weighted by molar-refractivity contribution is 6.11. The molecule has 3 aromatic rings. The molecule has 5 rings (SSSR count). The fourth-order valence-electron chi connectivity index (χ4n) is 4.07. The maximum atomic E-state index is 13.1. The molecule has 2 aromatic carbocycles. The van der Waals surface area contributed by atoms with E-state index in [4.69, 9.17) is 0 Å². The number of rotatable bonds is 0. The molecule has 0 spiro atoms. The standard InChI is InChI=1S/C19H16N2O/c22-19-18-17(14-8-3-4-9-15(14)20-18)13-7-2-1-6-12(13)16-10-5-11-21(16)19/h1-4,6-9,16,20H,5,10-11H2. The zero-order valence-electron chi connectivity index (χ0n) is 12.2. The van der Waals surface area contributed by atoms with Crippen molar-refractivity contribution in [2.24, 2.45) is 0 Å². The van der Waals surface area contributed by atoms with E-state index in [1.165, 1.54) is 11.1 Å². The highest BCUT2D eigenvalue weighted by Gasteiger charge is 2.37. The Bertz CT molecular complexity index is 909. The summed E-state index contributed by atoms with van der Waals surface area (Å²) in [6.07, 6.45) is 2.14. The maximum Gasteiger partial charge on any atom is 0.271 e. The van der Waals surface area contributed by atoms with Gasteiger partial charge in [-0.25, -0.2) is 0 Å². The molecule has 2 aliphatic rings. The van der Waals surface area contributed by atoms with Crippen LogP contribution in [0.15, 0.2) is 48.5 Å². The summed E-state index contributed by atoms with van der Waals surface area (Å²) in [4.78, 5) is 18.5. The van der Waals surface area contributed by atoms with Crippen LogP contribution in [0.3, 0.4) is 0 Å². The number of benzene rings is 2. The predicted octanol–water partition coefficient (Wildman–Crippen LogP) is 4.13. The Morgan fingerprint density at radius 3 is 2.82 bits per heavy atom. The number of carbonyl (C=O) groups excluding carboxylic acids is 1. The molecule has 0 aliphatic carbocycles. The molecule has 108 valence electrons. The van der Waals surface area contributed by atoms with Crippen molar-refractivity contribution in [2.75, 3.05) is 6.54 Å².